The molecule has 0 bridgehead atoms. The molecule has 0 spiro atoms. The third-order valence-electron chi connectivity index (χ3n) is 1.81. The molecule has 0 unspecified atom stereocenters. The molecule has 0 aliphatic heterocycles. The van der Waals surface area contributed by atoms with E-state index in [-0.39, 0.29) is 0 Å². The van der Waals surface area contributed by atoms with E-state index in [0.29, 0.717) is 0 Å². The number of nitrogens with one attached hydrogen (secondary N) is 1. The molecule has 2 aromatic heterocycles. The van der Waals surface area contributed by atoms with Crippen LogP contribution in [0.2, 0.25) is 0 Å². The van der Waals surface area contributed by atoms with Crippen LogP contribution in [0.25, 0.3) is 11.3 Å². The molecule has 0 saturated heterocycles. The molecule has 0 amide bonds. The molecule has 0 fully saturated rings. The number of anilines is 1. The Morgan fingerprint density at radius 2 is 2.36 bits per heavy atom. The first-order valence-corrected chi connectivity index (χ1v) is 5.09. The quantitative estimate of drug-likeness (QED) is 0.829. The third kappa shape index (κ3) is 1.60. The van der Waals surface area contributed by atoms with E-state index in [2.05, 4.69) is 19.2 Å². The molecule has 0 aromatic carbocycles. The number of hydrogen-bond acceptors (Lipinski definition) is 5. The third-order valence-corrected chi connectivity index (χ3v) is 2.34. The zero-order valence-electron chi connectivity index (χ0n) is 8.06. The number of hydrogen-bond donors (Lipinski definition) is 1. The number of aromatic nitrogens is 4. The predicted molar refractivity (Wildman–Crippen MR) is 56.3 cm³/mol. The first-order chi connectivity index (χ1) is 6.81. The van der Waals surface area contributed by atoms with Gasteiger partial charge in [0.2, 0.25) is 0 Å². The molecule has 6 heteroatoms. The van der Waals surface area contributed by atoms with Crippen molar-refractivity contribution in [3.05, 3.63) is 12.4 Å². The van der Waals surface area contributed by atoms with Gasteiger partial charge in [-0.3, -0.25) is 4.68 Å². The van der Waals surface area contributed by atoms with Gasteiger partial charge in [0.05, 0.1) is 17.9 Å². The van der Waals surface area contributed by atoms with Crippen molar-refractivity contribution in [2.24, 2.45) is 7.05 Å². The molecular weight excluding hydrogens is 198 g/mol. The van der Waals surface area contributed by atoms with E-state index < -0.39 is 0 Å². The Kier molecular flexibility index (Phi) is 2.45. The van der Waals surface area contributed by atoms with Gasteiger partial charge in [-0.15, -0.1) is 0 Å². The summed E-state index contributed by atoms with van der Waals surface area (Å²) in [5.41, 5.74) is 1.88. The summed E-state index contributed by atoms with van der Waals surface area (Å²) in [5.74, 6) is 0.838. The van der Waals surface area contributed by atoms with Crippen molar-refractivity contribution in [3.63, 3.8) is 0 Å². The molecule has 74 valence electrons. The lowest BCUT2D eigenvalue weighted by molar-refractivity contribution is 0.768. The summed E-state index contributed by atoms with van der Waals surface area (Å²) in [6.07, 6.45) is 3.72. The predicted octanol–water partition coefficient (Wildman–Crippen LogP) is 1.37. The second kappa shape index (κ2) is 3.75. The smallest absolute Gasteiger partial charge is 0.168 e. The summed E-state index contributed by atoms with van der Waals surface area (Å²) in [7, 11) is 1.89. The first-order valence-electron chi connectivity index (χ1n) is 4.36. The zero-order chi connectivity index (χ0) is 9.97. The van der Waals surface area contributed by atoms with Crippen LogP contribution in [0.1, 0.15) is 6.92 Å². The largest absolute Gasteiger partial charge is 0.368 e. The highest BCUT2D eigenvalue weighted by molar-refractivity contribution is 6.99. The van der Waals surface area contributed by atoms with Crippen LogP contribution in [0.15, 0.2) is 12.4 Å². The second-order valence-electron chi connectivity index (χ2n) is 2.89. The summed E-state index contributed by atoms with van der Waals surface area (Å²) < 4.78 is 10.2. The van der Waals surface area contributed by atoms with E-state index in [4.69, 9.17) is 0 Å². The van der Waals surface area contributed by atoms with Gasteiger partial charge in [-0.1, -0.05) is 0 Å². The molecule has 0 radical (unpaired) electrons. The Morgan fingerprint density at radius 3 is 3.00 bits per heavy atom. The Labute approximate surface area is 86.1 Å². The molecule has 14 heavy (non-hydrogen) atoms. The second-order valence-corrected chi connectivity index (χ2v) is 3.42. The maximum atomic E-state index is 4.23. The van der Waals surface area contributed by atoms with Gasteiger partial charge in [-0.05, 0) is 6.92 Å². The van der Waals surface area contributed by atoms with Gasteiger partial charge >= 0.3 is 0 Å². The highest BCUT2D eigenvalue weighted by atomic mass is 32.1. The summed E-state index contributed by atoms with van der Waals surface area (Å²) in [5, 5.41) is 7.26. The molecule has 0 atom stereocenters. The Morgan fingerprint density at radius 1 is 1.50 bits per heavy atom. The number of nitrogens with zero attached hydrogens (tertiary/aromatic N) is 4. The van der Waals surface area contributed by atoms with Gasteiger partial charge in [-0.2, -0.15) is 13.8 Å². The molecule has 0 saturated carbocycles. The minimum absolute atomic E-state index is 0.838. The van der Waals surface area contributed by atoms with E-state index in [1.54, 1.807) is 10.9 Å². The highest BCUT2D eigenvalue weighted by Crippen LogP contribution is 2.24. The minimum atomic E-state index is 0.838. The SMILES string of the molecule is CCNc1nsnc1-c1cnn(C)c1. The van der Waals surface area contributed by atoms with Crippen LogP contribution in [0, 0.1) is 0 Å². The molecule has 2 rings (SSSR count). The van der Waals surface area contributed by atoms with Crippen LogP contribution in [0.4, 0.5) is 5.82 Å². The Bertz CT molecular complexity index is 419. The lowest BCUT2D eigenvalue weighted by Gasteiger charge is -1.98. The van der Waals surface area contributed by atoms with Crippen LogP contribution in [-0.4, -0.2) is 25.1 Å². The van der Waals surface area contributed by atoms with Crippen LogP contribution in [0.3, 0.4) is 0 Å². The molecular formula is C8H11N5S. The maximum Gasteiger partial charge on any atom is 0.168 e. The summed E-state index contributed by atoms with van der Waals surface area (Å²) in [6.45, 7) is 2.88. The molecule has 2 heterocycles. The number of aryl methyl sites for hydroxylation is 1. The standard InChI is InChI=1S/C8H11N5S/c1-3-9-8-7(11-14-12-8)6-4-10-13(2)5-6/h4-5H,3H2,1-2H3,(H,9,12). The van der Waals surface area contributed by atoms with Gasteiger partial charge in [0.1, 0.15) is 5.69 Å². The van der Waals surface area contributed by atoms with Gasteiger partial charge in [0.15, 0.2) is 5.82 Å². The Balaban J connectivity index is 2.36. The highest BCUT2D eigenvalue weighted by Gasteiger charge is 2.10. The fraction of sp³-hybridized carbons (Fsp3) is 0.375. The van der Waals surface area contributed by atoms with Gasteiger partial charge in [0.25, 0.3) is 0 Å². The van der Waals surface area contributed by atoms with E-state index in [1.165, 1.54) is 11.7 Å². The molecule has 1 N–H and O–H groups in total. The molecule has 5 nitrogen and oxygen atoms in total. The van der Waals surface area contributed by atoms with Crippen LogP contribution >= 0.6 is 11.7 Å². The average molecular weight is 209 g/mol. The van der Waals surface area contributed by atoms with Crippen molar-refractivity contribution in [1.82, 2.24) is 18.5 Å². The fourth-order valence-electron chi connectivity index (χ4n) is 1.20. The zero-order valence-corrected chi connectivity index (χ0v) is 8.88. The van der Waals surface area contributed by atoms with Gasteiger partial charge in [-0.25, -0.2) is 0 Å². The number of rotatable bonds is 3. The van der Waals surface area contributed by atoms with Crippen molar-refractivity contribution < 1.29 is 0 Å². The van der Waals surface area contributed by atoms with E-state index in [0.717, 1.165) is 23.6 Å². The topological polar surface area (TPSA) is 55.6 Å². The van der Waals surface area contributed by atoms with Crippen molar-refractivity contribution in [1.29, 1.82) is 0 Å². The van der Waals surface area contributed by atoms with Crippen molar-refractivity contribution in [3.8, 4) is 11.3 Å². The maximum absolute atomic E-state index is 4.23. The van der Waals surface area contributed by atoms with E-state index >= 15 is 0 Å². The molecule has 0 aliphatic rings. The lowest BCUT2D eigenvalue weighted by atomic mass is 10.2. The van der Waals surface area contributed by atoms with E-state index in [1.807, 2.05) is 20.2 Å². The summed E-state index contributed by atoms with van der Waals surface area (Å²) >= 11 is 1.21. The average Bonchev–Trinajstić information content (AvgIpc) is 2.74. The lowest BCUT2D eigenvalue weighted by Crippen LogP contribution is -1.97. The van der Waals surface area contributed by atoms with E-state index in [9.17, 15) is 0 Å². The van der Waals surface area contributed by atoms with Crippen LogP contribution in [-0.2, 0) is 7.05 Å². The van der Waals surface area contributed by atoms with Crippen molar-refractivity contribution in [2.45, 2.75) is 6.92 Å². The van der Waals surface area contributed by atoms with Crippen LogP contribution in [0.5, 0.6) is 0 Å². The van der Waals surface area contributed by atoms with Gasteiger partial charge in [0, 0.05) is 25.4 Å². The first kappa shape index (κ1) is 9.14. The molecule has 2 aromatic rings. The molecule has 0 aliphatic carbocycles. The monoisotopic (exact) mass is 209 g/mol. The van der Waals surface area contributed by atoms with Crippen molar-refractivity contribution >= 4 is 17.5 Å². The normalized spacial score (nSPS) is 10.4. The minimum Gasteiger partial charge on any atom is -0.368 e. The fourth-order valence-corrected chi connectivity index (χ4v) is 1.75. The van der Waals surface area contributed by atoms with Gasteiger partial charge < -0.3 is 5.32 Å². The van der Waals surface area contributed by atoms with Crippen LogP contribution < -0.4 is 5.32 Å². The Hall–Kier alpha value is -1.43. The summed E-state index contributed by atoms with van der Waals surface area (Å²) in [6, 6.07) is 0. The summed E-state index contributed by atoms with van der Waals surface area (Å²) in [4.78, 5) is 0. The van der Waals surface area contributed by atoms with Crippen molar-refractivity contribution in [2.75, 3.05) is 11.9 Å².